The lowest BCUT2D eigenvalue weighted by Crippen LogP contribution is -2.46. The molecule has 2 N–H and O–H groups in total. The summed E-state index contributed by atoms with van der Waals surface area (Å²) < 4.78 is 0. The first-order valence-electron chi connectivity index (χ1n) is 6.15. The predicted molar refractivity (Wildman–Crippen MR) is 79.1 cm³/mol. The summed E-state index contributed by atoms with van der Waals surface area (Å²) in [5, 5.41) is 7.60. The average molecular weight is 322 g/mol. The number of nitrogens with one attached hydrogen (secondary N) is 2. The lowest BCUT2D eigenvalue weighted by atomic mass is 10.0. The second kappa shape index (κ2) is 6.31. The maximum atomic E-state index is 11.1. The Hall–Kier alpha value is -0.480. The molecule has 3 nitrogen and oxygen atoms in total. The predicted octanol–water partition coefficient (Wildman–Crippen LogP) is 3.58. The van der Waals surface area contributed by atoms with Crippen molar-refractivity contribution in [1.82, 2.24) is 10.6 Å². The molecule has 0 aromatic heterocycles. The van der Waals surface area contributed by atoms with Crippen LogP contribution in [0.2, 0.25) is 15.1 Å². The van der Waals surface area contributed by atoms with Crippen LogP contribution in [0.15, 0.2) is 12.1 Å². The molecule has 0 radical (unpaired) electrons. The highest BCUT2D eigenvalue weighted by Crippen LogP contribution is 2.35. The molecule has 0 bridgehead atoms. The molecule has 1 aromatic carbocycles. The summed E-state index contributed by atoms with van der Waals surface area (Å²) in [4.78, 5) is 11.1. The third-order valence-corrected chi connectivity index (χ3v) is 4.59. The van der Waals surface area contributed by atoms with E-state index < -0.39 is 0 Å². The number of carbonyl (C=O) groups excluding carboxylic acids is 1. The number of rotatable bonds is 3. The second-order valence-corrected chi connectivity index (χ2v) is 5.86. The Balaban J connectivity index is 2.06. The van der Waals surface area contributed by atoms with Crippen LogP contribution in [-0.2, 0) is 4.79 Å². The van der Waals surface area contributed by atoms with Gasteiger partial charge in [0.15, 0.2) is 0 Å². The first-order chi connectivity index (χ1) is 8.99. The molecule has 2 rings (SSSR count). The van der Waals surface area contributed by atoms with Crippen molar-refractivity contribution in [3.05, 3.63) is 32.8 Å². The van der Waals surface area contributed by atoms with Crippen LogP contribution in [0.25, 0.3) is 0 Å². The fraction of sp³-hybridized carbons (Fsp3) is 0.462. The molecular formula is C13H15Cl3N2O. The van der Waals surface area contributed by atoms with Gasteiger partial charge in [0.2, 0.25) is 5.91 Å². The fourth-order valence-corrected chi connectivity index (χ4v) is 2.90. The zero-order chi connectivity index (χ0) is 14.0. The summed E-state index contributed by atoms with van der Waals surface area (Å²) >= 11 is 18.2. The van der Waals surface area contributed by atoms with Crippen molar-refractivity contribution in [3.63, 3.8) is 0 Å². The van der Waals surface area contributed by atoms with Crippen molar-refractivity contribution < 1.29 is 4.79 Å². The molecular weight excluding hydrogens is 307 g/mol. The smallest absolute Gasteiger partial charge is 0.220 e. The fourth-order valence-electron chi connectivity index (χ4n) is 2.19. The van der Waals surface area contributed by atoms with Crippen LogP contribution in [0.4, 0.5) is 0 Å². The molecule has 1 fully saturated rings. The second-order valence-electron chi connectivity index (χ2n) is 4.69. The van der Waals surface area contributed by atoms with E-state index in [-0.39, 0.29) is 18.0 Å². The van der Waals surface area contributed by atoms with Gasteiger partial charge in [-0.05, 0) is 25.0 Å². The van der Waals surface area contributed by atoms with E-state index in [9.17, 15) is 4.79 Å². The monoisotopic (exact) mass is 320 g/mol. The van der Waals surface area contributed by atoms with E-state index in [1.165, 1.54) is 0 Å². The molecule has 1 aliphatic rings. The van der Waals surface area contributed by atoms with E-state index in [1.807, 2.05) is 13.0 Å². The van der Waals surface area contributed by atoms with Gasteiger partial charge >= 0.3 is 0 Å². The summed E-state index contributed by atoms with van der Waals surface area (Å²) in [6.07, 6.45) is 1.38. The highest BCUT2D eigenvalue weighted by Gasteiger charge is 2.21. The molecule has 2 atom stereocenters. The van der Waals surface area contributed by atoms with Gasteiger partial charge in [0, 0.05) is 25.0 Å². The molecule has 6 heteroatoms. The lowest BCUT2D eigenvalue weighted by Gasteiger charge is -2.27. The molecule has 0 spiro atoms. The van der Waals surface area contributed by atoms with Gasteiger partial charge in [-0.25, -0.2) is 0 Å². The largest absolute Gasteiger partial charge is 0.355 e. The molecule has 0 saturated carbocycles. The Morgan fingerprint density at radius 1 is 1.32 bits per heavy atom. The zero-order valence-corrected chi connectivity index (χ0v) is 12.7. The summed E-state index contributed by atoms with van der Waals surface area (Å²) in [6, 6.07) is 3.90. The van der Waals surface area contributed by atoms with Crippen LogP contribution in [0.5, 0.6) is 0 Å². The van der Waals surface area contributed by atoms with Crippen molar-refractivity contribution >= 4 is 40.7 Å². The minimum absolute atomic E-state index is 0.0438. The number of amides is 1. The summed E-state index contributed by atoms with van der Waals surface area (Å²) in [7, 11) is 0. The first-order valence-corrected chi connectivity index (χ1v) is 7.28. The average Bonchev–Trinajstić information content (AvgIpc) is 2.39. The van der Waals surface area contributed by atoms with Crippen molar-refractivity contribution in [1.29, 1.82) is 0 Å². The topological polar surface area (TPSA) is 41.1 Å². The molecule has 1 heterocycles. The third kappa shape index (κ3) is 3.54. The van der Waals surface area contributed by atoms with E-state index in [0.29, 0.717) is 28.0 Å². The number of hydrogen-bond acceptors (Lipinski definition) is 2. The van der Waals surface area contributed by atoms with Gasteiger partial charge < -0.3 is 10.6 Å². The van der Waals surface area contributed by atoms with Crippen molar-refractivity contribution in [3.8, 4) is 0 Å². The van der Waals surface area contributed by atoms with Crippen LogP contribution >= 0.6 is 34.8 Å². The normalized spacial score (nSPS) is 21.1. The zero-order valence-electron chi connectivity index (χ0n) is 10.5. The number of halogens is 3. The molecule has 0 aliphatic carbocycles. The number of carbonyl (C=O) groups is 1. The van der Waals surface area contributed by atoms with E-state index in [1.54, 1.807) is 6.07 Å². The van der Waals surface area contributed by atoms with Gasteiger partial charge in [-0.2, -0.15) is 0 Å². The lowest BCUT2D eigenvalue weighted by molar-refractivity contribution is -0.122. The SMILES string of the molecule is CC(NC1CCC(=O)NC1)c1ccc(Cl)c(Cl)c1Cl. The number of piperidine rings is 1. The van der Waals surface area contributed by atoms with Crippen molar-refractivity contribution in [2.24, 2.45) is 0 Å². The van der Waals surface area contributed by atoms with Crippen LogP contribution in [0, 0.1) is 0 Å². The Labute approximate surface area is 127 Å². The standard InChI is InChI=1S/C13H15Cl3N2O/c1-7(18-8-2-5-11(19)17-6-8)9-3-4-10(14)13(16)12(9)15/h3-4,7-8,18H,2,5-6H2,1H3,(H,17,19). The summed E-state index contributed by atoms with van der Waals surface area (Å²) in [5.41, 5.74) is 0.910. The van der Waals surface area contributed by atoms with Crippen LogP contribution in [0.3, 0.4) is 0 Å². The molecule has 1 aliphatic heterocycles. The number of hydrogen-bond donors (Lipinski definition) is 2. The minimum atomic E-state index is 0.0438. The van der Waals surface area contributed by atoms with Crippen LogP contribution < -0.4 is 10.6 Å². The van der Waals surface area contributed by atoms with E-state index >= 15 is 0 Å². The van der Waals surface area contributed by atoms with Gasteiger partial charge in [0.1, 0.15) is 0 Å². The molecule has 1 amide bonds. The highest BCUT2D eigenvalue weighted by atomic mass is 35.5. The Kier molecular flexibility index (Phi) is 4.96. The molecule has 19 heavy (non-hydrogen) atoms. The molecule has 104 valence electrons. The van der Waals surface area contributed by atoms with Gasteiger partial charge in [-0.3, -0.25) is 4.79 Å². The Morgan fingerprint density at radius 2 is 2.05 bits per heavy atom. The van der Waals surface area contributed by atoms with Crippen LogP contribution in [-0.4, -0.2) is 18.5 Å². The van der Waals surface area contributed by atoms with Gasteiger partial charge in [0.25, 0.3) is 0 Å². The maximum Gasteiger partial charge on any atom is 0.220 e. The van der Waals surface area contributed by atoms with E-state index in [2.05, 4.69) is 10.6 Å². The first kappa shape index (κ1) is 14.9. The molecule has 1 aromatic rings. The van der Waals surface area contributed by atoms with Crippen molar-refractivity contribution in [2.75, 3.05) is 6.54 Å². The molecule has 1 saturated heterocycles. The number of benzene rings is 1. The van der Waals surface area contributed by atoms with E-state index in [4.69, 9.17) is 34.8 Å². The quantitative estimate of drug-likeness (QED) is 0.836. The minimum Gasteiger partial charge on any atom is -0.355 e. The van der Waals surface area contributed by atoms with Gasteiger partial charge in [0.05, 0.1) is 15.1 Å². The van der Waals surface area contributed by atoms with Gasteiger partial charge in [-0.15, -0.1) is 0 Å². The van der Waals surface area contributed by atoms with Crippen LogP contribution in [0.1, 0.15) is 31.4 Å². The Bertz CT molecular complexity index is 483. The van der Waals surface area contributed by atoms with Crippen molar-refractivity contribution in [2.45, 2.75) is 31.8 Å². The molecule has 2 unspecified atom stereocenters. The van der Waals surface area contributed by atoms with Gasteiger partial charge in [-0.1, -0.05) is 40.9 Å². The third-order valence-electron chi connectivity index (χ3n) is 3.28. The van der Waals surface area contributed by atoms with E-state index in [0.717, 1.165) is 12.0 Å². The Morgan fingerprint density at radius 3 is 2.68 bits per heavy atom. The highest BCUT2D eigenvalue weighted by molar-refractivity contribution is 6.48. The summed E-state index contributed by atoms with van der Waals surface area (Å²) in [5.74, 6) is 0.110. The summed E-state index contributed by atoms with van der Waals surface area (Å²) in [6.45, 7) is 2.66. The maximum absolute atomic E-state index is 11.1.